The summed E-state index contributed by atoms with van der Waals surface area (Å²) in [5.74, 6) is 0. The molecule has 11 aromatic rings. The van der Waals surface area contributed by atoms with Crippen molar-refractivity contribution in [3.05, 3.63) is 146 Å². The Morgan fingerprint density at radius 3 is 1.43 bits per heavy atom. The molecule has 0 aliphatic rings. The Balaban J connectivity index is 1.17. The second-order valence-corrected chi connectivity index (χ2v) is 13.5. The minimum Gasteiger partial charge on any atom is -0.452 e. The molecule has 47 heavy (non-hydrogen) atoms. The Kier molecular flexibility index (Phi) is 5.02. The molecule has 0 atom stereocenters. The molecule has 0 amide bonds. The summed E-state index contributed by atoms with van der Waals surface area (Å²) in [6.45, 7) is 0. The molecule has 218 valence electrons. The van der Waals surface area contributed by atoms with Crippen LogP contribution in [-0.4, -0.2) is 0 Å². The molecular formula is C44H24O2S. The van der Waals surface area contributed by atoms with Gasteiger partial charge in [0.1, 0.15) is 11.2 Å². The van der Waals surface area contributed by atoms with Gasteiger partial charge in [-0.1, -0.05) is 103 Å². The highest BCUT2D eigenvalue weighted by atomic mass is 32.1. The largest absolute Gasteiger partial charge is 0.452 e. The lowest BCUT2D eigenvalue weighted by atomic mass is 9.86. The molecule has 0 fully saturated rings. The molecule has 0 saturated heterocycles. The van der Waals surface area contributed by atoms with E-state index in [9.17, 15) is 0 Å². The fraction of sp³-hybridized carbons (Fsp3) is 0. The van der Waals surface area contributed by atoms with Gasteiger partial charge in [-0.3, -0.25) is 0 Å². The van der Waals surface area contributed by atoms with Crippen molar-refractivity contribution in [1.82, 2.24) is 0 Å². The van der Waals surface area contributed by atoms with Crippen LogP contribution in [0.4, 0.5) is 0 Å². The van der Waals surface area contributed by atoms with Crippen LogP contribution in [0.5, 0.6) is 0 Å². The number of hydrogen-bond donors (Lipinski definition) is 0. The van der Waals surface area contributed by atoms with E-state index in [2.05, 4.69) is 133 Å². The average Bonchev–Trinajstić information content (AvgIpc) is 3.81. The maximum Gasteiger partial charge on any atom is 0.178 e. The molecule has 0 bridgehead atoms. The van der Waals surface area contributed by atoms with Gasteiger partial charge >= 0.3 is 0 Å². The third-order valence-corrected chi connectivity index (χ3v) is 11.0. The van der Waals surface area contributed by atoms with E-state index in [1.165, 1.54) is 58.4 Å². The predicted molar refractivity (Wildman–Crippen MR) is 200 cm³/mol. The number of para-hydroxylation sites is 1. The summed E-state index contributed by atoms with van der Waals surface area (Å²) in [6.07, 6.45) is 0. The summed E-state index contributed by atoms with van der Waals surface area (Å²) >= 11 is 1.87. The zero-order valence-electron chi connectivity index (χ0n) is 25.1. The summed E-state index contributed by atoms with van der Waals surface area (Å²) in [7, 11) is 0. The van der Waals surface area contributed by atoms with Crippen molar-refractivity contribution in [1.29, 1.82) is 0 Å². The van der Waals surface area contributed by atoms with E-state index in [1.807, 2.05) is 23.5 Å². The van der Waals surface area contributed by atoms with Crippen molar-refractivity contribution in [3.63, 3.8) is 0 Å². The first-order valence-corrected chi connectivity index (χ1v) is 16.7. The monoisotopic (exact) mass is 616 g/mol. The lowest BCUT2D eigenvalue weighted by Gasteiger charge is -2.17. The summed E-state index contributed by atoms with van der Waals surface area (Å²) < 4.78 is 15.6. The van der Waals surface area contributed by atoms with E-state index in [1.54, 1.807) is 0 Å². The molecule has 3 heteroatoms. The van der Waals surface area contributed by atoms with Crippen molar-refractivity contribution < 1.29 is 8.83 Å². The number of thiophene rings is 1. The van der Waals surface area contributed by atoms with Gasteiger partial charge in [-0.05, 0) is 86.3 Å². The smallest absolute Gasteiger partial charge is 0.178 e. The fourth-order valence-corrected chi connectivity index (χ4v) is 8.95. The van der Waals surface area contributed by atoms with Crippen LogP contribution in [0.15, 0.2) is 154 Å². The molecule has 2 nitrogen and oxygen atoms in total. The predicted octanol–water partition coefficient (Wildman–Crippen LogP) is 13.5. The summed E-state index contributed by atoms with van der Waals surface area (Å²) in [5, 5.41) is 11.9. The highest BCUT2D eigenvalue weighted by Gasteiger charge is 2.20. The zero-order chi connectivity index (χ0) is 30.6. The van der Waals surface area contributed by atoms with Gasteiger partial charge in [-0.2, -0.15) is 0 Å². The molecule has 3 aromatic heterocycles. The van der Waals surface area contributed by atoms with Gasteiger partial charge in [0.15, 0.2) is 11.2 Å². The fourth-order valence-electron chi connectivity index (χ4n) is 7.80. The van der Waals surface area contributed by atoms with Gasteiger partial charge in [-0.15, -0.1) is 11.3 Å². The number of furan rings is 2. The molecule has 0 aliphatic heterocycles. The van der Waals surface area contributed by atoms with Gasteiger partial charge in [0.05, 0.1) is 0 Å². The molecule has 0 unspecified atom stereocenters. The summed E-state index contributed by atoms with van der Waals surface area (Å²) in [5.41, 5.74) is 8.21. The van der Waals surface area contributed by atoms with E-state index >= 15 is 0 Å². The molecule has 0 radical (unpaired) electrons. The van der Waals surface area contributed by atoms with Crippen LogP contribution in [0.25, 0.3) is 108 Å². The molecule has 0 N–H and O–H groups in total. The first-order valence-electron chi connectivity index (χ1n) is 15.9. The van der Waals surface area contributed by atoms with E-state index in [0.717, 1.165) is 49.4 Å². The highest BCUT2D eigenvalue weighted by Crippen LogP contribution is 2.46. The zero-order valence-corrected chi connectivity index (χ0v) is 25.9. The summed E-state index contributed by atoms with van der Waals surface area (Å²) in [6, 6.07) is 52.5. The molecule has 3 heterocycles. The van der Waals surface area contributed by atoms with Crippen LogP contribution in [0.1, 0.15) is 0 Å². The van der Waals surface area contributed by atoms with Crippen molar-refractivity contribution >= 4 is 96.9 Å². The maximum atomic E-state index is 6.65. The van der Waals surface area contributed by atoms with Crippen LogP contribution in [0.3, 0.4) is 0 Å². The van der Waals surface area contributed by atoms with Crippen molar-refractivity contribution in [2.45, 2.75) is 0 Å². The minimum absolute atomic E-state index is 0.799. The second kappa shape index (κ2) is 9.32. The van der Waals surface area contributed by atoms with E-state index in [4.69, 9.17) is 8.83 Å². The molecule has 0 saturated carbocycles. The third kappa shape index (κ3) is 3.49. The lowest BCUT2D eigenvalue weighted by Crippen LogP contribution is -1.90. The standard InChI is InChI=1S/C44H24O2S/c1-3-13-33-31(11-1)41(25-17-19-28-36-22-21-35-27-9-5-7-15-37(27)45-43(35)44(36)46-38(28)23-25)32-12-2-4-14-34(32)42(33)26-18-20-30-29-10-6-8-16-39(29)47-40(30)24-26/h1-24H. The van der Waals surface area contributed by atoms with Crippen molar-refractivity contribution in [3.8, 4) is 22.3 Å². The van der Waals surface area contributed by atoms with Gasteiger partial charge < -0.3 is 8.83 Å². The molecule has 11 rings (SSSR count). The van der Waals surface area contributed by atoms with Crippen LogP contribution < -0.4 is 0 Å². The van der Waals surface area contributed by atoms with E-state index in [-0.39, 0.29) is 0 Å². The van der Waals surface area contributed by atoms with Crippen LogP contribution in [0.2, 0.25) is 0 Å². The normalized spacial score (nSPS) is 12.3. The van der Waals surface area contributed by atoms with Crippen LogP contribution >= 0.6 is 11.3 Å². The number of hydrogen-bond acceptors (Lipinski definition) is 3. The quantitative estimate of drug-likeness (QED) is 0.181. The minimum atomic E-state index is 0.799. The molecule has 0 spiro atoms. The van der Waals surface area contributed by atoms with Gasteiger partial charge in [0, 0.05) is 41.7 Å². The van der Waals surface area contributed by atoms with Crippen LogP contribution in [0, 0.1) is 0 Å². The van der Waals surface area contributed by atoms with Gasteiger partial charge in [-0.25, -0.2) is 0 Å². The van der Waals surface area contributed by atoms with Gasteiger partial charge in [0.25, 0.3) is 0 Å². The number of fused-ring (bicyclic) bond motifs is 12. The Bertz CT molecular complexity index is 3020. The molecular weight excluding hydrogens is 593 g/mol. The second-order valence-electron chi connectivity index (χ2n) is 12.4. The Labute approximate surface area is 272 Å². The third-order valence-electron chi connectivity index (χ3n) is 9.87. The molecule has 0 aliphatic carbocycles. The Hall–Kier alpha value is -5.90. The van der Waals surface area contributed by atoms with E-state index < -0.39 is 0 Å². The first-order chi connectivity index (χ1) is 23.3. The highest BCUT2D eigenvalue weighted by molar-refractivity contribution is 7.25. The van der Waals surface area contributed by atoms with Crippen LogP contribution in [-0.2, 0) is 0 Å². The maximum absolute atomic E-state index is 6.65. The Morgan fingerprint density at radius 1 is 0.319 bits per heavy atom. The van der Waals surface area contributed by atoms with Crippen molar-refractivity contribution in [2.24, 2.45) is 0 Å². The number of benzene rings is 8. The number of rotatable bonds is 2. The first kappa shape index (κ1) is 25.3. The SMILES string of the molecule is c1ccc2c(c1)oc1c2ccc2c3ccc(-c4c5ccccc5c(-c5ccc6c(c5)sc5ccccc56)c5ccccc45)cc3oc21. The topological polar surface area (TPSA) is 26.3 Å². The lowest BCUT2D eigenvalue weighted by molar-refractivity contribution is 0.633. The van der Waals surface area contributed by atoms with E-state index in [0.29, 0.717) is 0 Å². The Morgan fingerprint density at radius 2 is 0.766 bits per heavy atom. The van der Waals surface area contributed by atoms with Crippen molar-refractivity contribution in [2.75, 3.05) is 0 Å². The van der Waals surface area contributed by atoms with Gasteiger partial charge in [0.2, 0.25) is 0 Å². The average molecular weight is 617 g/mol. The molecule has 8 aromatic carbocycles. The summed E-state index contributed by atoms with van der Waals surface area (Å²) in [4.78, 5) is 0.